The normalized spacial score (nSPS) is 22.3. The van der Waals surface area contributed by atoms with E-state index in [1.165, 1.54) is 0 Å². The second-order valence-electron chi connectivity index (χ2n) is 4.39. The van der Waals surface area contributed by atoms with E-state index in [4.69, 9.17) is 4.74 Å². The smallest absolute Gasteiger partial charge is 0.0620 e. The molecule has 0 aromatic carbocycles. The van der Waals surface area contributed by atoms with E-state index < -0.39 is 0 Å². The first kappa shape index (κ1) is 12.7. The molecule has 0 aromatic rings. The van der Waals surface area contributed by atoms with Crippen molar-refractivity contribution >= 4 is 0 Å². The molecular weight excluding hydrogens is 188 g/mol. The lowest BCUT2D eigenvalue weighted by Crippen LogP contribution is -2.44. The fourth-order valence-electron chi connectivity index (χ4n) is 1.85. The van der Waals surface area contributed by atoms with Crippen molar-refractivity contribution in [2.24, 2.45) is 0 Å². The van der Waals surface area contributed by atoms with Gasteiger partial charge in [0.2, 0.25) is 0 Å². The quantitative estimate of drug-likeness (QED) is 0.671. The fourth-order valence-corrected chi connectivity index (χ4v) is 1.85. The number of nitrogens with zero attached hydrogens (tertiary/aromatic N) is 1. The van der Waals surface area contributed by atoms with Gasteiger partial charge >= 0.3 is 0 Å². The van der Waals surface area contributed by atoms with Gasteiger partial charge in [-0.25, -0.2) is 0 Å². The van der Waals surface area contributed by atoms with Crippen LogP contribution in [0.1, 0.15) is 20.3 Å². The van der Waals surface area contributed by atoms with Crippen molar-refractivity contribution in [3.8, 4) is 0 Å². The number of rotatable bonds is 6. The first-order valence-corrected chi connectivity index (χ1v) is 5.90. The van der Waals surface area contributed by atoms with Gasteiger partial charge in [0.1, 0.15) is 0 Å². The van der Waals surface area contributed by atoms with Gasteiger partial charge < -0.3 is 10.1 Å². The number of hydrogen-bond donors (Lipinski definition) is 1. The predicted molar refractivity (Wildman–Crippen MR) is 64.1 cm³/mol. The predicted octanol–water partition coefficient (Wildman–Crippen LogP) is 1.26. The maximum absolute atomic E-state index is 5.43. The van der Waals surface area contributed by atoms with Gasteiger partial charge in [-0.05, 0) is 20.3 Å². The SMILES string of the molecule is C=CCN(CCC1COCCN1)C(C)C. The first-order chi connectivity index (χ1) is 7.24. The highest BCUT2D eigenvalue weighted by Gasteiger charge is 2.15. The summed E-state index contributed by atoms with van der Waals surface area (Å²) in [5.41, 5.74) is 0. The minimum atomic E-state index is 0.532. The Morgan fingerprint density at radius 1 is 1.60 bits per heavy atom. The Labute approximate surface area is 93.5 Å². The zero-order valence-corrected chi connectivity index (χ0v) is 10.0. The second kappa shape index (κ2) is 6.99. The molecule has 0 spiro atoms. The van der Waals surface area contributed by atoms with Crippen LogP contribution in [0, 0.1) is 0 Å². The average Bonchev–Trinajstić information content (AvgIpc) is 2.25. The van der Waals surface area contributed by atoms with Crippen LogP contribution in [0.5, 0.6) is 0 Å². The van der Waals surface area contributed by atoms with Crippen LogP contribution in [0.2, 0.25) is 0 Å². The van der Waals surface area contributed by atoms with E-state index in [1.807, 2.05) is 6.08 Å². The van der Waals surface area contributed by atoms with Crippen LogP contribution in [-0.2, 0) is 4.74 Å². The Morgan fingerprint density at radius 3 is 2.93 bits per heavy atom. The van der Waals surface area contributed by atoms with Crippen molar-refractivity contribution in [1.82, 2.24) is 10.2 Å². The van der Waals surface area contributed by atoms with E-state index in [1.54, 1.807) is 0 Å². The van der Waals surface area contributed by atoms with E-state index >= 15 is 0 Å². The van der Waals surface area contributed by atoms with Gasteiger partial charge in [0.15, 0.2) is 0 Å². The minimum absolute atomic E-state index is 0.532. The summed E-state index contributed by atoms with van der Waals surface area (Å²) in [6.45, 7) is 13.1. The van der Waals surface area contributed by atoms with Gasteiger partial charge in [0, 0.05) is 31.7 Å². The van der Waals surface area contributed by atoms with Crippen LogP contribution in [0.25, 0.3) is 0 Å². The average molecular weight is 212 g/mol. The van der Waals surface area contributed by atoms with Crippen molar-refractivity contribution in [3.05, 3.63) is 12.7 Å². The molecule has 1 rings (SSSR count). The van der Waals surface area contributed by atoms with Crippen LogP contribution in [0.4, 0.5) is 0 Å². The van der Waals surface area contributed by atoms with E-state index in [0.717, 1.165) is 39.3 Å². The summed E-state index contributed by atoms with van der Waals surface area (Å²) in [4.78, 5) is 2.43. The van der Waals surface area contributed by atoms with Gasteiger partial charge in [-0.15, -0.1) is 6.58 Å². The highest BCUT2D eigenvalue weighted by atomic mass is 16.5. The highest BCUT2D eigenvalue weighted by molar-refractivity contribution is 4.78. The molecule has 0 aliphatic carbocycles. The van der Waals surface area contributed by atoms with E-state index in [9.17, 15) is 0 Å². The molecule has 1 atom stereocenters. The van der Waals surface area contributed by atoms with E-state index in [2.05, 4.69) is 30.6 Å². The van der Waals surface area contributed by atoms with E-state index in [-0.39, 0.29) is 0 Å². The zero-order valence-electron chi connectivity index (χ0n) is 10.0. The fraction of sp³-hybridized carbons (Fsp3) is 0.833. The molecule has 1 unspecified atom stereocenters. The lowest BCUT2D eigenvalue weighted by Gasteiger charge is -2.29. The Morgan fingerprint density at radius 2 is 2.40 bits per heavy atom. The largest absolute Gasteiger partial charge is 0.379 e. The molecule has 0 amide bonds. The van der Waals surface area contributed by atoms with Crippen molar-refractivity contribution in [3.63, 3.8) is 0 Å². The summed E-state index contributed by atoms with van der Waals surface area (Å²) in [6, 6.07) is 1.12. The third-order valence-electron chi connectivity index (χ3n) is 2.86. The molecule has 3 heteroatoms. The van der Waals surface area contributed by atoms with Crippen molar-refractivity contribution < 1.29 is 4.74 Å². The van der Waals surface area contributed by atoms with Gasteiger partial charge in [-0.1, -0.05) is 6.08 Å². The van der Waals surface area contributed by atoms with Crippen LogP contribution >= 0.6 is 0 Å². The third-order valence-corrected chi connectivity index (χ3v) is 2.86. The summed E-state index contributed by atoms with van der Waals surface area (Å²) in [5.74, 6) is 0. The van der Waals surface area contributed by atoms with Crippen molar-refractivity contribution in [1.29, 1.82) is 0 Å². The third kappa shape index (κ3) is 4.78. The lowest BCUT2D eigenvalue weighted by atomic mass is 10.1. The molecule has 3 nitrogen and oxygen atoms in total. The molecule has 1 heterocycles. The number of morpholine rings is 1. The molecule has 1 fully saturated rings. The topological polar surface area (TPSA) is 24.5 Å². The van der Waals surface area contributed by atoms with Crippen molar-refractivity contribution in [2.75, 3.05) is 32.8 Å². The Hall–Kier alpha value is -0.380. The molecular formula is C12H24N2O. The maximum atomic E-state index is 5.43. The van der Waals surface area contributed by atoms with Crippen LogP contribution in [0.3, 0.4) is 0 Å². The molecule has 0 aromatic heterocycles. The summed E-state index contributed by atoms with van der Waals surface area (Å²) in [5, 5.41) is 3.48. The molecule has 88 valence electrons. The molecule has 0 radical (unpaired) electrons. The molecule has 1 saturated heterocycles. The molecule has 1 N–H and O–H groups in total. The summed E-state index contributed by atoms with van der Waals surface area (Å²) >= 11 is 0. The minimum Gasteiger partial charge on any atom is -0.379 e. The maximum Gasteiger partial charge on any atom is 0.0620 e. The zero-order chi connectivity index (χ0) is 11.1. The molecule has 0 saturated carbocycles. The van der Waals surface area contributed by atoms with Crippen LogP contribution in [-0.4, -0.2) is 49.8 Å². The molecule has 15 heavy (non-hydrogen) atoms. The van der Waals surface area contributed by atoms with Crippen molar-refractivity contribution in [2.45, 2.75) is 32.4 Å². The van der Waals surface area contributed by atoms with Gasteiger partial charge in [0.25, 0.3) is 0 Å². The standard InChI is InChI=1S/C12H24N2O/c1-4-7-14(11(2)3)8-5-12-10-15-9-6-13-12/h4,11-13H,1,5-10H2,2-3H3. The Balaban J connectivity index is 2.22. The Bertz CT molecular complexity index is 176. The molecule has 0 bridgehead atoms. The first-order valence-electron chi connectivity index (χ1n) is 5.90. The van der Waals surface area contributed by atoms with Gasteiger partial charge in [-0.3, -0.25) is 4.90 Å². The van der Waals surface area contributed by atoms with Gasteiger partial charge in [0.05, 0.1) is 13.2 Å². The highest BCUT2D eigenvalue weighted by Crippen LogP contribution is 2.04. The lowest BCUT2D eigenvalue weighted by molar-refractivity contribution is 0.0690. The number of nitrogens with one attached hydrogen (secondary N) is 1. The second-order valence-corrected chi connectivity index (χ2v) is 4.39. The van der Waals surface area contributed by atoms with Gasteiger partial charge in [-0.2, -0.15) is 0 Å². The summed E-state index contributed by atoms with van der Waals surface area (Å²) in [7, 11) is 0. The van der Waals surface area contributed by atoms with Crippen LogP contribution in [0.15, 0.2) is 12.7 Å². The summed E-state index contributed by atoms with van der Waals surface area (Å²) in [6.07, 6.45) is 3.14. The van der Waals surface area contributed by atoms with Crippen LogP contribution < -0.4 is 5.32 Å². The molecule has 1 aliphatic heterocycles. The summed E-state index contributed by atoms with van der Waals surface area (Å²) < 4.78 is 5.43. The number of ether oxygens (including phenoxy) is 1. The monoisotopic (exact) mass is 212 g/mol. The Kier molecular flexibility index (Phi) is 5.91. The molecule has 1 aliphatic rings. The number of hydrogen-bond acceptors (Lipinski definition) is 3. The van der Waals surface area contributed by atoms with E-state index in [0.29, 0.717) is 12.1 Å².